The summed E-state index contributed by atoms with van der Waals surface area (Å²) in [7, 11) is 3.27. The van der Waals surface area contributed by atoms with Gasteiger partial charge in [-0.3, -0.25) is 14.9 Å². The Kier molecular flexibility index (Phi) is 7.49. The Bertz CT molecular complexity index is 945. The van der Waals surface area contributed by atoms with Gasteiger partial charge in [0.15, 0.2) is 11.5 Å². The molecular formula is C28H41NO6. The van der Waals surface area contributed by atoms with Crippen LogP contribution in [0.1, 0.15) is 71.4 Å². The Morgan fingerprint density at radius 2 is 1.86 bits per heavy atom. The Morgan fingerprint density at radius 3 is 2.46 bits per heavy atom. The van der Waals surface area contributed by atoms with E-state index in [4.69, 9.17) is 18.9 Å². The average molecular weight is 488 g/mol. The van der Waals surface area contributed by atoms with Crippen molar-refractivity contribution < 1.29 is 28.5 Å². The van der Waals surface area contributed by atoms with E-state index in [0.717, 1.165) is 24.8 Å². The number of carbonyl (C=O) groups is 2. The maximum atomic E-state index is 13.3. The molecule has 0 aromatic heterocycles. The second kappa shape index (κ2) is 10.1. The molecule has 1 aromatic carbocycles. The Balaban J connectivity index is 1.48. The van der Waals surface area contributed by atoms with Gasteiger partial charge in [0.05, 0.1) is 13.7 Å². The molecule has 7 nitrogen and oxygen atoms in total. The molecular weight excluding hydrogens is 446 g/mol. The number of esters is 1. The first-order valence-electron chi connectivity index (χ1n) is 12.9. The summed E-state index contributed by atoms with van der Waals surface area (Å²) in [6.45, 7) is 9.60. The molecule has 2 bridgehead atoms. The first-order chi connectivity index (χ1) is 16.6. The fourth-order valence-corrected chi connectivity index (χ4v) is 6.60. The molecule has 1 aliphatic heterocycles. The lowest BCUT2D eigenvalue weighted by Crippen LogP contribution is -2.42. The van der Waals surface area contributed by atoms with Crippen LogP contribution in [-0.2, 0) is 19.1 Å². The summed E-state index contributed by atoms with van der Waals surface area (Å²) < 4.78 is 22.6. The molecule has 1 N–H and O–H groups in total. The van der Waals surface area contributed by atoms with Crippen LogP contribution in [0.5, 0.6) is 11.5 Å². The fourth-order valence-electron chi connectivity index (χ4n) is 6.60. The van der Waals surface area contributed by atoms with Gasteiger partial charge in [-0.15, -0.1) is 0 Å². The minimum Gasteiger partial charge on any atom is -0.493 e. The molecule has 1 saturated heterocycles. The van der Waals surface area contributed by atoms with Crippen molar-refractivity contribution in [2.45, 2.75) is 78.0 Å². The van der Waals surface area contributed by atoms with Crippen LogP contribution in [0, 0.1) is 22.7 Å². The van der Waals surface area contributed by atoms with Crippen molar-refractivity contribution >= 4 is 11.8 Å². The summed E-state index contributed by atoms with van der Waals surface area (Å²) in [4.78, 5) is 25.9. The number of rotatable bonds is 10. The van der Waals surface area contributed by atoms with Gasteiger partial charge >= 0.3 is 5.97 Å². The normalized spacial score (nSPS) is 33.0. The third-order valence-corrected chi connectivity index (χ3v) is 9.35. The van der Waals surface area contributed by atoms with Crippen molar-refractivity contribution in [2.24, 2.45) is 22.7 Å². The number of ketones is 1. The molecule has 194 valence electrons. The predicted octanol–water partition coefficient (Wildman–Crippen LogP) is 4.48. The van der Waals surface area contributed by atoms with Gasteiger partial charge in [0.2, 0.25) is 0 Å². The zero-order valence-corrected chi connectivity index (χ0v) is 22.0. The summed E-state index contributed by atoms with van der Waals surface area (Å²) in [5.74, 6) is 1.36. The number of hydrogen-bond acceptors (Lipinski definition) is 7. The molecule has 4 rings (SSSR count). The van der Waals surface area contributed by atoms with Crippen molar-refractivity contribution in [3.63, 3.8) is 0 Å². The van der Waals surface area contributed by atoms with E-state index in [-0.39, 0.29) is 40.6 Å². The molecule has 7 heteroatoms. The lowest BCUT2D eigenvalue weighted by atomic mass is 9.70. The molecule has 6 atom stereocenters. The highest BCUT2D eigenvalue weighted by Gasteiger charge is 2.63. The zero-order valence-electron chi connectivity index (χ0n) is 22.0. The van der Waals surface area contributed by atoms with E-state index in [2.05, 4.69) is 26.1 Å². The predicted molar refractivity (Wildman–Crippen MR) is 133 cm³/mol. The van der Waals surface area contributed by atoms with E-state index in [1.54, 1.807) is 21.1 Å². The molecule has 0 spiro atoms. The van der Waals surface area contributed by atoms with Crippen LogP contribution in [0.15, 0.2) is 18.2 Å². The van der Waals surface area contributed by atoms with Crippen LogP contribution >= 0.6 is 0 Å². The number of hydrogen-bond donors (Lipinski definition) is 1. The molecule has 0 amide bonds. The maximum Gasteiger partial charge on any atom is 0.323 e. The summed E-state index contributed by atoms with van der Waals surface area (Å²) in [6.07, 6.45) is 4.37. The highest BCUT2D eigenvalue weighted by Crippen LogP contribution is 2.66. The number of nitrogens with one attached hydrogen (secondary N) is 1. The monoisotopic (exact) mass is 487 g/mol. The Labute approximate surface area is 209 Å². The van der Waals surface area contributed by atoms with Crippen molar-refractivity contribution in [1.82, 2.24) is 5.32 Å². The first kappa shape index (κ1) is 26.0. The summed E-state index contributed by atoms with van der Waals surface area (Å²) in [5, 5.41) is 3.42. The van der Waals surface area contributed by atoms with E-state index in [1.165, 1.54) is 6.42 Å². The molecule has 0 radical (unpaired) electrons. The second-order valence-electron chi connectivity index (χ2n) is 11.3. The highest BCUT2D eigenvalue weighted by atomic mass is 16.5. The van der Waals surface area contributed by atoms with Gasteiger partial charge in [-0.2, -0.15) is 0 Å². The van der Waals surface area contributed by atoms with Crippen LogP contribution in [0.4, 0.5) is 0 Å². The summed E-state index contributed by atoms with van der Waals surface area (Å²) >= 11 is 0. The van der Waals surface area contributed by atoms with Crippen LogP contribution < -0.4 is 14.8 Å². The van der Waals surface area contributed by atoms with Crippen LogP contribution in [0.3, 0.4) is 0 Å². The number of Topliss-reactive ketones (excluding diaryl/α,β-unsaturated/α-hetero) is 1. The van der Waals surface area contributed by atoms with Gasteiger partial charge in [-0.05, 0) is 61.6 Å². The molecule has 2 aliphatic carbocycles. The molecule has 3 aliphatic rings. The van der Waals surface area contributed by atoms with Crippen molar-refractivity contribution in [2.75, 3.05) is 27.4 Å². The molecule has 5 unspecified atom stereocenters. The van der Waals surface area contributed by atoms with Gasteiger partial charge in [-0.1, -0.05) is 26.8 Å². The standard InChI is InChI=1S/C28H41NO6/c1-17(30)20-16-21(26(31)35-24-15-19-10-11-28(24,4)27(19,2)3)29-25(20)18-8-9-22(33-6)23(14-18)34-13-7-12-32-5/h8-9,14,19-21,24-25,29H,7,10-13,15-16H2,1-6H3/t19?,20?,21?,24?,25?,28-/m1/s1. The Hall–Kier alpha value is -2.12. The second-order valence-corrected chi connectivity index (χ2v) is 11.3. The largest absolute Gasteiger partial charge is 0.493 e. The lowest BCUT2D eigenvalue weighted by Gasteiger charge is -2.38. The van der Waals surface area contributed by atoms with Crippen molar-refractivity contribution in [3.05, 3.63) is 23.8 Å². The SMILES string of the molecule is COCCCOc1cc(C2NC(C(=O)OC3CC4CC[C@@]3(C)C4(C)C)CC2C(C)=O)ccc1OC. The van der Waals surface area contributed by atoms with E-state index >= 15 is 0 Å². The van der Waals surface area contributed by atoms with E-state index in [1.807, 2.05) is 18.2 Å². The highest BCUT2D eigenvalue weighted by molar-refractivity contribution is 5.83. The van der Waals surface area contributed by atoms with E-state index in [9.17, 15) is 9.59 Å². The Morgan fingerprint density at radius 1 is 1.09 bits per heavy atom. The fraction of sp³-hybridized carbons (Fsp3) is 0.714. The van der Waals surface area contributed by atoms with Gasteiger partial charge in [0.25, 0.3) is 0 Å². The molecule has 35 heavy (non-hydrogen) atoms. The average Bonchev–Trinajstić information content (AvgIpc) is 3.42. The number of methoxy groups -OCH3 is 2. The van der Waals surface area contributed by atoms with Gasteiger partial charge in [-0.25, -0.2) is 0 Å². The van der Waals surface area contributed by atoms with Crippen LogP contribution in [0.2, 0.25) is 0 Å². The van der Waals surface area contributed by atoms with Gasteiger partial charge in [0.1, 0.15) is 17.9 Å². The van der Waals surface area contributed by atoms with Crippen LogP contribution in [-0.4, -0.2) is 51.3 Å². The van der Waals surface area contributed by atoms with Gasteiger partial charge < -0.3 is 18.9 Å². The smallest absolute Gasteiger partial charge is 0.323 e. The quantitative estimate of drug-likeness (QED) is 0.385. The number of fused-ring (bicyclic) bond motifs is 2. The van der Waals surface area contributed by atoms with Crippen LogP contribution in [0.25, 0.3) is 0 Å². The number of ether oxygens (including phenoxy) is 4. The summed E-state index contributed by atoms with van der Waals surface area (Å²) in [5.41, 5.74) is 1.08. The third-order valence-electron chi connectivity index (χ3n) is 9.35. The van der Waals surface area contributed by atoms with E-state index < -0.39 is 6.04 Å². The molecule has 1 heterocycles. The number of carbonyl (C=O) groups excluding carboxylic acids is 2. The summed E-state index contributed by atoms with van der Waals surface area (Å²) in [6, 6.07) is 4.90. The lowest BCUT2D eigenvalue weighted by molar-refractivity contribution is -0.159. The molecule has 1 aromatic rings. The topological polar surface area (TPSA) is 83.1 Å². The third kappa shape index (κ3) is 4.69. The first-order valence-corrected chi connectivity index (χ1v) is 12.9. The minimum absolute atomic E-state index is 0.0103. The minimum atomic E-state index is -0.507. The van der Waals surface area contributed by atoms with E-state index in [0.29, 0.717) is 37.1 Å². The molecule has 2 saturated carbocycles. The maximum absolute atomic E-state index is 13.3. The van der Waals surface area contributed by atoms with Crippen molar-refractivity contribution in [3.8, 4) is 11.5 Å². The van der Waals surface area contributed by atoms with Crippen molar-refractivity contribution in [1.29, 1.82) is 0 Å². The molecule has 3 fully saturated rings. The zero-order chi connectivity index (χ0) is 25.4. The van der Waals surface area contributed by atoms with Gasteiger partial charge in [0, 0.05) is 37.5 Å². The number of benzene rings is 1.